The molecule has 1 atom stereocenters. The maximum Gasteiger partial charge on any atom is 0.181 e. The number of carbonyl (C=O) groups excluding carboxylic acids is 1. The molecule has 0 bridgehead atoms. The molecule has 0 heterocycles. The minimum absolute atomic E-state index is 0.0517. The Kier molecular flexibility index (Phi) is 3.29. The predicted octanol–water partition coefficient (Wildman–Crippen LogP) is 3.26. The molecule has 0 fully saturated rings. The highest BCUT2D eigenvalue weighted by Crippen LogP contribution is 2.18. The largest absolute Gasteiger partial charge is 0.292 e. The van der Waals surface area contributed by atoms with Crippen LogP contribution in [0.1, 0.15) is 17.3 Å². The van der Waals surface area contributed by atoms with Crippen LogP contribution in [0.3, 0.4) is 0 Å². The van der Waals surface area contributed by atoms with Crippen LogP contribution in [0.5, 0.6) is 0 Å². The summed E-state index contributed by atoms with van der Waals surface area (Å²) in [6.45, 7) is 1.67. The number of halogens is 2. The highest BCUT2D eigenvalue weighted by molar-refractivity contribution is 9.10. The zero-order valence-corrected chi connectivity index (χ0v) is 8.89. The summed E-state index contributed by atoms with van der Waals surface area (Å²) < 4.78 is 0.794. The normalized spacial score (nSPS) is 12.6. The summed E-state index contributed by atoms with van der Waals surface area (Å²) in [5.74, 6) is -0.0517. The average molecular weight is 248 g/mol. The lowest BCUT2D eigenvalue weighted by molar-refractivity contribution is 0.0991. The van der Waals surface area contributed by atoms with Gasteiger partial charge in [0.15, 0.2) is 5.78 Å². The summed E-state index contributed by atoms with van der Waals surface area (Å²) in [5, 5.41) is -0.469. The molecular weight excluding hydrogens is 239 g/mol. The zero-order valence-electron chi connectivity index (χ0n) is 6.55. The Morgan fingerprint density at radius 1 is 1.50 bits per heavy atom. The fourth-order valence-electron chi connectivity index (χ4n) is 0.875. The maximum absolute atomic E-state index is 11.4. The Balaban J connectivity index is 3.03. The molecule has 0 radical (unpaired) electrons. The van der Waals surface area contributed by atoms with Crippen LogP contribution < -0.4 is 0 Å². The van der Waals surface area contributed by atoms with Gasteiger partial charge in [-0.3, -0.25) is 4.79 Å². The molecule has 0 saturated carbocycles. The third-order valence-electron chi connectivity index (χ3n) is 1.50. The first-order valence-electron chi connectivity index (χ1n) is 3.55. The number of carbonyl (C=O) groups is 1. The number of hydrogen-bond acceptors (Lipinski definition) is 1. The first-order chi connectivity index (χ1) is 5.63. The van der Waals surface area contributed by atoms with Gasteiger partial charge in [-0.25, -0.2) is 0 Å². The third kappa shape index (κ3) is 2.08. The van der Waals surface area contributed by atoms with Gasteiger partial charge >= 0.3 is 0 Å². The minimum Gasteiger partial charge on any atom is -0.292 e. The van der Waals surface area contributed by atoms with Crippen LogP contribution in [0.2, 0.25) is 0 Å². The van der Waals surface area contributed by atoms with Crippen molar-refractivity contribution in [1.82, 2.24) is 0 Å². The molecule has 0 N–H and O–H groups in total. The van der Waals surface area contributed by atoms with Crippen LogP contribution in [-0.2, 0) is 0 Å². The molecule has 1 aromatic rings. The van der Waals surface area contributed by atoms with Crippen molar-refractivity contribution in [2.45, 2.75) is 12.3 Å². The summed E-state index contributed by atoms with van der Waals surface area (Å²) in [7, 11) is 0. The van der Waals surface area contributed by atoms with E-state index in [2.05, 4.69) is 15.9 Å². The van der Waals surface area contributed by atoms with Crippen LogP contribution in [0.25, 0.3) is 0 Å². The quantitative estimate of drug-likeness (QED) is 0.579. The van der Waals surface area contributed by atoms with E-state index in [1.165, 1.54) is 0 Å². The highest BCUT2D eigenvalue weighted by Gasteiger charge is 2.13. The molecule has 1 unspecified atom stereocenters. The Bertz CT molecular complexity index is 296. The summed E-state index contributed by atoms with van der Waals surface area (Å²) in [6, 6.07) is 7.26. The van der Waals surface area contributed by atoms with Crippen molar-refractivity contribution in [3.05, 3.63) is 34.3 Å². The Morgan fingerprint density at radius 3 is 2.58 bits per heavy atom. The first kappa shape index (κ1) is 9.75. The van der Waals surface area contributed by atoms with Crippen LogP contribution in [-0.4, -0.2) is 11.2 Å². The molecule has 0 spiro atoms. The Hall–Kier alpha value is -0.340. The van der Waals surface area contributed by atoms with Crippen LogP contribution in [0, 0.1) is 0 Å². The fraction of sp³-hybridized carbons (Fsp3) is 0.222. The zero-order chi connectivity index (χ0) is 9.14. The summed E-state index contributed by atoms with van der Waals surface area (Å²) >= 11 is 8.95. The number of Topliss-reactive ketones (excluding diaryl/α,β-unsaturated/α-hetero) is 1. The number of benzene rings is 1. The van der Waals surface area contributed by atoms with Gasteiger partial charge in [0.25, 0.3) is 0 Å². The van der Waals surface area contributed by atoms with Crippen molar-refractivity contribution in [3.63, 3.8) is 0 Å². The van der Waals surface area contributed by atoms with Gasteiger partial charge in [-0.2, -0.15) is 0 Å². The second-order valence-electron chi connectivity index (χ2n) is 2.46. The standard InChI is InChI=1S/C9H8BrClO/c1-6(11)9(12)7-4-2-3-5-8(7)10/h2-6H,1H3. The van der Waals surface area contributed by atoms with Gasteiger partial charge in [-0.05, 0) is 13.0 Å². The summed E-state index contributed by atoms with van der Waals surface area (Å²) in [5.41, 5.74) is 0.639. The van der Waals surface area contributed by atoms with E-state index in [0.29, 0.717) is 5.56 Å². The van der Waals surface area contributed by atoms with E-state index in [1.54, 1.807) is 13.0 Å². The van der Waals surface area contributed by atoms with Gasteiger partial charge in [0.2, 0.25) is 0 Å². The molecule has 12 heavy (non-hydrogen) atoms. The topological polar surface area (TPSA) is 17.1 Å². The van der Waals surface area contributed by atoms with Gasteiger partial charge in [0, 0.05) is 10.0 Å². The molecule has 1 rings (SSSR count). The lowest BCUT2D eigenvalue weighted by Crippen LogP contribution is -2.10. The number of hydrogen-bond donors (Lipinski definition) is 0. The van der Waals surface area contributed by atoms with Crippen molar-refractivity contribution in [1.29, 1.82) is 0 Å². The Morgan fingerprint density at radius 2 is 2.08 bits per heavy atom. The average Bonchev–Trinajstić information content (AvgIpc) is 2.04. The summed E-state index contributed by atoms with van der Waals surface area (Å²) in [6.07, 6.45) is 0. The van der Waals surface area contributed by atoms with Gasteiger partial charge in [0.1, 0.15) is 0 Å². The molecule has 1 nitrogen and oxygen atoms in total. The van der Waals surface area contributed by atoms with Gasteiger partial charge in [-0.1, -0.05) is 34.1 Å². The van der Waals surface area contributed by atoms with E-state index in [0.717, 1.165) is 4.47 Å². The highest BCUT2D eigenvalue weighted by atomic mass is 79.9. The van der Waals surface area contributed by atoms with E-state index in [-0.39, 0.29) is 5.78 Å². The van der Waals surface area contributed by atoms with Crippen molar-refractivity contribution >= 4 is 33.3 Å². The first-order valence-corrected chi connectivity index (χ1v) is 4.78. The molecular formula is C9H8BrClO. The van der Waals surface area contributed by atoms with Crippen LogP contribution in [0.4, 0.5) is 0 Å². The molecule has 0 amide bonds. The van der Waals surface area contributed by atoms with E-state index in [4.69, 9.17) is 11.6 Å². The molecule has 1 aromatic carbocycles. The monoisotopic (exact) mass is 246 g/mol. The van der Waals surface area contributed by atoms with Gasteiger partial charge < -0.3 is 0 Å². The fourth-order valence-corrected chi connectivity index (χ4v) is 1.47. The summed E-state index contributed by atoms with van der Waals surface area (Å²) in [4.78, 5) is 11.4. The molecule has 0 aliphatic carbocycles. The third-order valence-corrected chi connectivity index (χ3v) is 2.39. The van der Waals surface area contributed by atoms with E-state index in [1.807, 2.05) is 18.2 Å². The molecule has 0 aromatic heterocycles. The van der Waals surface area contributed by atoms with E-state index >= 15 is 0 Å². The van der Waals surface area contributed by atoms with Crippen LogP contribution in [0.15, 0.2) is 28.7 Å². The number of rotatable bonds is 2. The number of alkyl halides is 1. The second-order valence-corrected chi connectivity index (χ2v) is 3.97. The van der Waals surface area contributed by atoms with Gasteiger partial charge in [0.05, 0.1) is 5.38 Å². The van der Waals surface area contributed by atoms with Crippen molar-refractivity contribution in [3.8, 4) is 0 Å². The minimum atomic E-state index is -0.469. The lowest BCUT2D eigenvalue weighted by atomic mass is 10.1. The van der Waals surface area contributed by atoms with E-state index in [9.17, 15) is 4.79 Å². The predicted molar refractivity (Wildman–Crippen MR) is 53.8 cm³/mol. The smallest absolute Gasteiger partial charge is 0.181 e. The molecule has 0 aliphatic heterocycles. The Labute approximate surface area is 84.9 Å². The molecule has 3 heteroatoms. The van der Waals surface area contributed by atoms with E-state index < -0.39 is 5.38 Å². The SMILES string of the molecule is CC(Cl)C(=O)c1ccccc1Br. The number of ketones is 1. The van der Waals surface area contributed by atoms with Crippen molar-refractivity contribution < 1.29 is 4.79 Å². The molecule has 0 aliphatic rings. The van der Waals surface area contributed by atoms with Crippen molar-refractivity contribution in [2.24, 2.45) is 0 Å². The second kappa shape index (κ2) is 4.06. The molecule has 0 saturated heterocycles. The van der Waals surface area contributed by atoms with Crippen LogP contribution >= 0.6 is 27.5 Å². The lowest BCUT2D eigenvalue weighted by Gasteiger charge is -2.03. The van der Waals surface area contributed by atoms with Gasteiger partial charge in [-0.15, -0.1) is 11.6 Å². The maximum atomic E-state index is 11.4. The van der Waals surface area contributed by atoms with Crippen molar-refractivity contribution in [2.75, 3.05) is 0 Å². The molecule has 64 valence electrons.